The number of fused-ring (bicyclic) bond motifs is 1. The van der Waals surface area contributed by atoms with Crippen LogP contribution in [0.1, 0.15) is 36.5 Å². The zero-order chi connectivity index (χ0) is 24.2. The molecule has 180 valence electrons. The van der Waals surface area contributed by atoms with Crippen molar-refractivity contribution in [2.24, 2.45) is 5.10 Å². The minimum atomic E-state index is -0.465. The standard InChI is InChI=1S/C25H29N3O6/c1-2-32-25(31)17-34-21-10-7-18(8-11-21)14-27-28-23(29)15-26-24(30)16-33-22-12-9-19-5-3-4-6-20(19)13-22/h7-14H,2-6,15-17H2,1H3,(H,26,30)(H,28,29)/b27-14-. The first-order valence-corrected chi connectivity index (χ1v) is 11.2. The molecule has 0 aromatic heterocycles. The monoisotopic (exact) mass is 467 g/mol. The van der Waals surface area contributed by atoms with Gasteiger partial charge in [-0.15, -0.1) is 0 Å². The van der Waals surface area contributed by atoms with Crippen LogP contribution in [-0.2, 0) is 32.0 Å². The van der Waals surface area contributed by atoms with E-state index in [1.807, 2.05) is 12.1 Å². The van der Waals surface area contributed by atoms with Crippen LogP contribution in [0.5, 0.6) is 11.5 Å². The number of amides is 2. The smallest absolute Gasteiger partial charge is 0.344 e. The van der Waals surface area contributed by atoms with Gasteiger partial charge < -0.3 is 19.5 Å². The van der Waals surface area contributed by atoms with Gasteiger partial charge in [0.05, 0.1) is 19.4 Å². The van der Waals surface area contributed by atoms with Crippen molar-refractivity contribution in [3.05, 3.63) is 59.2 Å². The van der Waals surface area contributed by atoms with Crippen molar-refractivity contribution in [1.29, 1.82) is 0 Å². The van der Waals surface area contributed by atoms with E-state index < -0.39 is 17.8 Å². The Bertz CT molecular complexity index is 1020. The second kappa shape index (κ2) is 13.0. The summed E-state index contributed by atoms with van der Waals surface area (Å²) in [7, 11) is 0. The molecule has 3 rings (SSSR count). The third-order valence-corrected chi connectivity index (χ3v) is 5.08. The molecule has 0 saturated heterocycles. The molecular formula is C25H29N3O6. The minimum Gasteiger partial charge on any atom is -0.484 e. The van der Waals surface area contributed by atoms with Crippen LogP contribution < -0.4 is 20.2 Å². The van der Waals surface area contributed by atoms with E-state index in [2.05, 4.69) is 21.9 Å². The summed E-state index contributed by atoms with van der Waals surface area (Å²) in [6, 6.07) is 12.7. The second-order valence-corrected chi connectivity index (χ2v) is 7.66. The van der Waals surface area contributed by atoms with Crippen molar-refractivity contribution in [3.8, 4) is 11.5 Å². The number of rotatable bonds is 11. The third-order valence-electron chi connectivity index (χ3n) is 5.08. The summed E-state index contributed by atoms with van der Waals surface area (Å²) in [5.41, 5.74) is 5.68. The molecule has 2 aromatic carbocycles. The Morgan fingerprint density at radius 2 is 1.62 bits per heavy atom. The number of nitrogens with zero attached hydrogens (tertiary/aromatic N) is 1. The van der Waals surface area contributed by atoms with Crippen LogP contribution in [0.2, 0.25) is 0 Å². The second-order valence-electron chi connectivity index (χ2n) is 7.66. The molecule has 0 heterocycles. The van der Waals surface area contributed by atoms with Crippen LogP contribution in [0, 0.1) is 0 Å². The largest absolute Gasteiger partial charge is 0.484 e. The summed E-state index contributed by atoms with van der Waals surface area (Å²) >= 11 is 0. The molecule has 2 amide bonds. The van der Waals surface area contributed by atoms with Gasteiger partial charge in [-0.3, -0.25) is 9.59 Å². The van der Waals surface area contributed by atoms with Crippen molar-refractivity contribution in [2.45, 2.75) is 32.6 Å². The first kappa shape index (κ1) is 24.8. The van der Waals surface area contributed by atoms with Crippen LogP contribution in [0.3, 0.4) is 0 Å². The van der Waals surface area contributed by atoms with E-state index >= 15 is 0 Å². The fourth-order valence-corrected chi connectivity index (χ4v) is 3.39. The minimum absolute atomic E-state index is 0.165. The van der Waals surface area contributed by atoms with E-state index in [1.165, 1.54) is 30.2 Å². The van der Waals surface area contributed by atoms with Gasteiger partial charge in [0.2, 0.25) is 0 Å². The fraction of sp³-hybridized carbons (Fsp3) is 0.360. The average molecular weight is 468 g/mol. The quantitative estimate of drug-likeness (QED) is 0.297. The Labute approximate surface area is 198 Å². The van der Waals surface area contributed by atoms with Crippen LogP contribution in [0.15, 0.2) is 47.6 Å². The van der Waals surface area contributed by atoms with Crippen molar-refractivity contribution < 1.29 is 28.6 Å². The normalized spacial score (nSPS) is 12.5. The Hall–Kier alpha value is -3.88. The number of aryl methyl sites for hydroxylation is 2. The van der Waals surface area contributed by atoms with E-state index in [-0.39, 0.29) is 19.8 Å². The van der Waals surface area contributed by atoms with E-state index in [0.717, 1.165) is 12.8 Å². The van der Waals surface area contributed by atoms with E-state index in [1.54, 1.807) is 31.2 Å². The van der Waals surface area contributed by atoms with E-state index in [0.29, 0.717) is 23.7 Å². The molecule has 0 atom stereocenters. The summed E-state index contributed by atoms with van der Waals surface area (Å²) in [4.78, 5) is 35.1. The highest BCUT2D eigenvalue weighted by atomic mass is 16.6. The highest BCUT2D eigenvalue weighted by Crippen LogP contribution is 2.25. The molecule has 0 spiro atoms. The number of carbonyl (C=O) groups is 3. The summed E-state index contributed by atoms with van der Waals surface area (Å²) in [5.74, 6) is -0.132. The molecule has 1 aliphatic carbocycles. The van der Waals surface area contributed by atoms with Crippen molar-refractivity contribution >= 4 is 24.0 Å². The zero-order valence-corrected chi connectivity index (χ0v) is 19.2. The van der Waals surface area contributed by atoms with Crippen molar-refractivity contribution in [1.82, 2.24) is 10.7 Å². The first-order chi connectivity index (χ1) is 16.5. The number of ether oxygens (including phenoxy) is 3. The highest BCUT2D eigenvalue weighted by Gasteiger charge is 2.11. The molecule has 34 heavy (non-hydrogen) atoms. The maximum absolute atomic E-state index is 12.0. The van der Waals surface area contributed by atoms with Gasteiger partial charge in [0.1, 0.15) is 11.5 Å². The first-order valence-electron chi connectivity index (χ1n) is 11.2. The van der Waals surface area contributed by atoms with Crippen molar-refractivity contribution in [3.63, 3.8) is 0 Å². The van der Waals surface area contributed by atoms with Gasteiger partial charge in [0.15, 0.2) is 13.2 Å². The van der Waals surface area contributed by atoms with Crippen LogP contribution in [-0.4, -0.2) is 50.4 Å². The van der Waals surface area contributed by atoms with Crippen LogP contribution in [0.25, 0.3) is 0 Å². The number of hydrazone groups is 1. The zero-order valence-electron chi connectivity index (χ0n) is 19.2. The Morgan fingerprint density at radius 3 is 2.38 bits per heavy atom. The molecule has 1 aliphatic rings. The number of hydrogen-bond donors (Lipinski definition) is 2. The van der Waals surface area contributed by atoms with Gasteiger partial charge in [-0.2, -0.15) is 5.10 Å². The Kier molecular flexibility index (Phi) is 9.45. The van der Waals surface area contributed by atoms with Crippen LogP contribution >= 0.6 is 0 Å². The predicted molar refractivity (Wildman–Crippen MR) is 126 cm³/mol. The maximum Gasteiger partial charge on any atom is 0.344 e. The lowest BCUT2D eigenvalue weighted by molar-refractivity contribution is -0.145. The summed E-state index contributed by atoms with van der Waals surface area (Å²) < 4.78 is 15.6. The maximum atomic E-state index is 12.0. The van der Waals surface area contributed by atoms with Gasteiger partial charge in [0, 0.05) is 0 Å². The highest BCUT2D eigenvalue weighted by molar-refractivity contribution is 5.86. The third kappa shape index (κ3) is 8.23. The molecule has 0 fully saturated rings. The van der Waals surface area contributed by atoms with E-state index in [9.17, 15) is 14.4 Å². The summed E-state index contributed by atoms with van der Waals surface area (Å²) in [6.07, 6.45) is 5.96. The lowest BCUT2D eigenvalue weighted by atomic mass is 9.92. The fourth-order valence-electron chi connectivity index (χ4n) is 3.39. The Morgan fingerprint density at radius 1 is 0.912 bits per heavy atom. The van der Waals surface area contributed by atoms with Gasteiger partial charge in [-0.05, 0) is 85.7 Å². The molecule has 9 heteroatoms. The lowest BCUT2D eigenvalue weighted by Crippen LogP contribution is -2.37. The van der Waals surface area contributed by atoms with Gasteiger partial charge in [0.25, 0.3) is 11.8 Å². The number of carbonyl (C=O) groups excluding carboxylic acids is 3. The van der Waals surface area contributed by atoms with Crippen molar-refractivity contribution in [2.75, 3.05) is 26.4 Å². The molecular weight excluding hydrogens is 438 g/mol. The molecule has 0 saturated carbocycles. The molecule has 2 aromatic rings. The molecule has 0 radical (unpaired) electrons. The number of esters is 1. The molecule has 0 bridgehead atoms. The number of hydrogen-bond acceptors (Lipinski definition) is 7. The Balaban J connectivity index is 1.33. The van der Waals surface area contributed by atoms with Crippen LogP contribution in [0.4, 0.5) is 0 Å². The average Bonchev–Trinajstić information content (AvgIpc) is 2.86. The summed E-state index contributed by atoms with van der Waals surface area (Å²) in [6.45, 7) is 1.48. The summed E-state index contributed by atoms with van der Waals surface area (Å²) in [5, 5.41) is 6.36. The van der Waals surface area contributed by atoms with Gasteiger partial charge >= 0.3 is 5.97 Å². The molecule has 2 N–H and O–H groups in total. The topological polar surface area (TPSA) is 115 Å². The number of benzene rings is 2. The molecule has 0 unspecified atom stereocenters. The van der Waals surface area contributed by atoms with Gasteiger partial charge in [-0.1, -0.05) is 6.07 Å². The molecule has 9 nitrogen and oxygen atoms in total. The lowest BCUT2D eigenvalue weighted by Gasteiger charge is -2.16. The van der Waals surface area contributed by atoms with E-state index in [4.69, 9.17) is 14.2 Å². The SMILES string of the molecule is CCOC(=O)COc1ccc(/C=N\NC(=O)CNC(=O)COc2ccc3c(c2)CCCC3)cc1. The predicted octanol–water partition coefficient (Wildman–Crippen LogP) is 2.15. The molecule has 0 aliphatic heterocycles. The van der Waals surface area contributed by atoms with Gasteiger partial charge in [-0.25, -0.2) is 10.2 Å². The number of nitrogens with one attached hydrogen (secondary N) is 2.